The van der Waals surface area contributed by atoms with Gasteiger partial charge in [0.25, 0.3) is 0 Å². The Hall–Kier alpha value is -2.06. The van der Waals surface area contributed by atoms with Crippen molar-refractivity contribution < 1.29 is 4.74 Å². The minimum absolute atomic E-state index is 0.806. The summed E-state index contributed by atoms with van der Waals surface area (Å²) in [4.78, 5) is 0. The molecule has 0 heterocycles. The van der Waals surface area contributed by atoms with Gasteiger partial charge < -0.3 is 4.74 Å². The van der Waals surface area contributed by atoms with Crippen LogP contribution in [-0.4, -0.2) is 16.5 Å². The summed E-state index contributed by atoms with van der Waals surface area (Å²) in [5.74, 6) is 1.01. The number of rotatable bonds is 3. The van der Waals surface area contributed by atoms with Crippen molar-refractivity contribution in [2.24, 2.45) is 0 Å². The lowest BCUT2D eigenvalue weighted by molar-refractivity contribution is 0.397. The van der Waals surface area contributed by atoms with Crippen LogP contribution in [0.3, 0.4) is 0 Å². The maximum Gasteiger partial charge on any atom is 0.134 e. The molecule has 1 nitrogen and oxygen atoms in total. The average molecular weight is 278 g/mol. The van der Waals surface area contributed by atoms with Gasteiger partial charge in [0.2, 0.25) is 0 Å². The highest BCUT2D eigenvalue weighted by Crippen LogP contribution is 2.40. The normalized spacial score (nSPS) is 11.1. The molecule has 3 rings (SSSR count). The highest BCUT2D eigenvalue weighted by Gasteiger charge is 2.14. The van der Waals surface area contributed by atoms with E-state index in [9.17, 15) is 0 Å². The Morgan fingerprint density at radius 3 is 1.80 bits per heavy atom. The molecule has 0 bridgehead atoms. The van der Waals surface area contributed by atoms with Gasteiger partial charge in [-0.05, 0) is 28.8 Å². The van der Waals surface area contributed by atoms with Crippen molar-refractivity contribution in [2.75, 3.05) is 6.23 Å². The zero-order valence-electron chi connectivity index (χ0n) is 11.9. The fourth-order valence-corrected chi connectivity index (χ4v) is 3.14. The minimum Gasteiger partial charge on any atom is -0.497 e. The molecule has 0 radical (unpaired) electrons. The third-order valence-corrected chi connectivity index (χ3v) is 3.89. The lowest BCUT2D eigenvalue weighted by Gasteiger charge is -2.16. The first kappa shape index (κ1) is 12.9. The molecule has 0 aliphatic heterocycles. The van der Waals surface area contributed by atoms with Crippen molar-refractivity contribution in [2.45, 2.75) is 6.92 Å². The van der Waals surface area contributed by atoms with Gasteiger partial charge in [0, 0.05) is 10.8 Å². The Bertz CT molecular complexity index is 748. The SMILES string of the molecule is C=C(C)c1c2ccccc2c(OC[SiH3])c2ccccc12. The molecule has 0 spiro atoms. The van der Waals surface area contributed by atoms with Gasteiger partial charge in [0.05, 0.1) is 16.5 Å². The van der Waals surface area contributed by atoms with Crippen molar-refractivity contribution in [3.05, 3.63) is 60.7 Å². The number of ether oxygens (including phenoxy) is 1. The molecule has 0 saturated carbocycles. The molecule has 0 aromatic heterocycles. The molecular formula is C18H18OSi. The van der Waals surface area contributed by atoms with Gasteiger partial charge in [-0.25, -0.2) is 0 Å². The van der Waals surface area contributed by atoms with E-state index in [2.05, 4.69) is 62.0 Å². The van der Waals surface area contributed by atoms with Crippen LogP contribution in [0, 0.1) is 0 Å². The highest BCUT2D eigenvalue weighted by molar-refractivity contribution is 6.14. The molecule has 2 heteroatoms. The lowest BCUT2D eigenvalue weighted by atomic mass is 9.92. The van der Waals surface area contributed by atoms with Crippen LogP contribution < -0.4 is 4.74 Å². The van der Waals surface area contributed by atoms with Gasteiger partial charge in [-0.2, -0.15) is 0 Å². The van der Waals surface area contributed by atoms with Crippen molar-refractivity contribution in [1.82, 2.24) is 0 Å². The van der Waals surface area contributed by atoms with Gasteiger partial charge >= 0.3 is 0 Å². The Labute approximate surface area is 122 Å². The van der Waals surface area contributed by atoms with E-state index in [0.29, 0.717) is 0 Å². The number of fused-ring (bicyclic) bond motifs is 2. The molecule has 20 heavy (non-hydrogen) atoms. The monoisotopic (exact) mass is 278 g/mol. The summed E-state index contributed by atoms with van der Waals surface area (Å²) in [6, 6.07) is 16.9. The van der Waals surface area contributed by atoms with E-state index in [1.165, 1.54) is 27.1 Å². The predicted molar refractivity (Wildman–Crippen MR) is 91.6 cm³/mol. The van der Waals surface area contributed by atoms with Crippen LogP contribution in [0.5, 0.6) is 5.75 Å². The second-order valence-electron chi connectivity index (χ2n) is 5.01. The molecule has 0 atom stereocenters. The van der Waals surface area contributed by atoms with Crippen LogP contribution in [0.1, 0.15) is 12.5 Å². The van der Waals surface area contributed by atoms with E-state index in [1.807, 2.05) is 0 Å². The van der Waals surface area contributed by atoms with Crippen LogP contribution in [-0.2, 0) is 0 Å². The molecule has 0 N–H and O–H groups in total. The Balaban J connectivity index is 2.58. The molecule has 0 aliphatic carbocycles. The molecule has 0 saturated heterocycles. The van der Waals surface area contributed by atoms with Crippen LogP contribution >= 0.6 is 0 Å². The molecular weight excluding hydrogens is 260 g/mol. The van der Waals surface area contributed by atoms with E-state index in [0.717, 1.165) is 27.8 Å². The Kier molecular flexibility index (Phi) is 3.33. The van der Waals surface area contributed by atoms with E-state index in [4.69, 9.17) is 4.74 Å². The van der Waals surface area contributed by atoms with Crippen LogP contribution in [0.2, 0.25) is 0 Å². The average Bonchev–Trinajstić information content (AvgIpc) is 2.47. The summed E-state index contributed by atoms with van der Waals surface area (Å²) in [5.41, 5.74) is 2.33. The quantitative estimate of drug-likeness (QED) is 0.524. The summed E-state index contributed by atoms with van der Waals surface area (Å²) in [7, 11) is 1.03. The first-order chi connectivity index (χ1) is 9.74. The van der Waals surface area contributed by atoms with E-state index >= 15 is 0 Å². The van der Waals surface area contributed by atoms with Crippen molar-refractivity contribution >= 4 is 37.4 Å². The summed E-state index contributed by atoms with van der Waals surface area (Å²) < 4.78 is 6.00. The zero-order chi connectivity index (χ0) is 14.1. The van der Waals surface area contributed by atoms with E-state index in [-0.39, 0.29) is 0 Å². The molecule has 0 aliphatic rings. The molecule has 3 aromatic rings. The van der Waals surface area contributed by atoms with Gasteiger partial charge in [-0.3, -0.25) is 0 Å². The standard InChI is InChI=1S/C18H18OSi/c1-12(2)17-13-7-3-5-9-15(13)18(19-11-20)16-10-6-4-8-14(16)17/h3-10H,1,11H2,2,20H3. The van der Waals surface area contributed by atoms with Crippen LogP contribution in [0.25, 0.3) is 27.1 Å². The molecule has 0 unspecified atom stereocenters. The first-order valence-electron chi connectivity index (χ1n) is 6.96. The summed E-state index contributed by atoms with van der Waals surface area (Å²) >= 11 is 0. The van der Waals surface area contributed by atoms with Gasteiger partial charge in [-0.1, -0.05) is 55.1 Å². The largest absolute Gasteiger partial charge is 0.497 e. The third-order valence-electron chi connectivity index (χ3n) is 3.60. The summed E-state index contributed by atoms with van der Waals surface area (Å²) in [6.07, 6.45) is 0.806. The minimum atomic E-state index is 0.806. The fraction of sp³-hybridized carbons (Fsp3) is 0.111. The van der Waals surface area contributed by atoms with Gasteiger partial charge in [0.15, 0.2) is 0 Å². The van der Waals surface area contributed by atoms with E-state index < -0.39 is 0 Å². The van der Waals surface area contributed by atoms with Gasteiger partial charge in [0.1, 0.15) is 5.75 Å². The van der Waals surface area contributed by atoms with Crippen molar-refractivity contribution in [3.8, 4) is 5.75 Å². The smallest absolute Gasteiger partial charge is 0.134 e. The lowest BCUT2D eigenvalue weighted by Crippen LogP contribution is -1.99. The van der Waals surface area contributed by atoms with Crippen molar-refractivity contribution in [3.63, 3.8) is 0 Å². The maximum atomic E-state index is 6.00. The van der Waals surface area contributed by atoms with Crippen molar-refractivity contribution in [1.29, 1.82) is 0 Å². The van der Waals surface area contributed by atoms with E-state index in [1.54, 1.807) is 0 Å². The molecule has 0 fully saturated rings. The maximum absolute atomic E-state index is 6.00. The number of hydrogen-bond acceptors (Lipinski definition) is 1. The molecule has 100 valence electrons. The van der Waals surface area contributed by atoms with Crippen LogP contribution in [0.4, 0.5) is 0 Å². The second-order valence-corrected chi connectivity index (χ2v) is 5.59. The predicted octanol–water partition coefficient (Wildman–Crippen LogP) is 3.73. The topological polar surface area (TPSA) is 9.23 Å². The first-order valence-corrected chi connectivity index (χ1v) is 8.37. The summed E-state index contributed by atoms with van der Waals surface area (Å²) in [5, 5.41) is 4.81. The third kappa shape index (κ3) is 1.93. The number of hydrogen-bond donors (Lipinski definition) is 0. The molecule has 0 amide bonds. The number of benzene rings is 3. The highest BCUT2D eigenvalue weighted by atomic mass is 28.1. The Morgan fingerprint density at radius 2 is 1.40 bits per heavy atom. The zero-order valence-corrected chi connectivity index (χ0v) is 13.9. The Morgan fingerprint density at radius 1 is 0.950 bits per heavy atom. The van der Waals surface area contributed by atoms with Crippen LogP contribution in [0.15, 0.2) is 55.1 Å². The molecule has 3 aromatic carbocycles. The number of allylic oxidation sites excluding steroid dienone is 1. The van der Waals surface area contributed by atoms with Gasteiger partial charge in [-0.15, -0.1) is 0 Å². The second kappa shape index (κ2) is 5.14. The fourth-order valence-electron chi connectivity index (χ4n) is 2.85. The summed E-state index contributed by atoms with van der Waals surface area (Å²) in [6.45, 7) is 6.24.